The third-order valence-corrected chi connectivity index (χ3v) is 3.97. The predicted molar refractivity (Wildman–Crippen MR) is 65.9 cm³/mol. The van der Waals surface area contributed by atoms with Crippen molar-refractivity contribution >= 4 is 5.91 Å². The van der Waals surface area contributed by atoms with Crippen LogP contribution in [0.15, 0.2) is 12.2 Å². The van der Waals surface area contributed by atoms with Crippen molar-refractivity contribution < 1.29 is 4.79 Å². The van der Waals surface area contributed by atoms with E-state index in [0.29, 0.717) is 11.8 Å². The molecular weight excluding hydrogens is 212 g/mol. The topological polar surface area (TPSA) is 52.9 Å². The highest BCUT2D eigenvalue weighted by Crippen LogP contribution is 2.45. The van der Waals surface area contributed by atoms with Crippen molar-refractivity contribution in [2.75, 3.05) is 6.54 Å². The molecule has 0 spiro atoms. The minimum atomic E-state index is -0.718. The van der Waals surface area contributed by atoms with Crippen LogP contribution < -0.4 is 5.32 Å². The average molecular weight is 232 g/mol. The first kappa shape index (κ1) is 12.2. The lowest BCUT2D eigenvalue weighted by atomic mass is 9.63. The van der Waals surface area contributed by atoms with Gasteiger partial charge in [-0.05, 0) is 43.9 Å². The molecule has 17 heavy (non-hydrogen) atoms. The van der Waals surface area contributed by atoms with Crippen LogP contribution in [0.1, 0.15) is 39.0 Å². The van der Waals surface area contributed by atoms with Gasteiger partial charge in [0, 0.05) is 6.54 Å². The normalized spacial score (nSPS) is 35.8. The molecule has 3 nitrogen and oxygen atoms in total. The monoisotopic (exact) mass is 232 g/mol. The maximum atomic E-state index is 12.0. The fourth-order valence-electron chi connectivity index (χ4n) is 2.91. The van der Waals surface area contributed by atoms with Gasteiger partial charge in [0.15, 0.2) is 0 Å². The quantitative estimate of drug-likeness (QED) is 0.760. The number of hydrogen-bond donors (Lipinski definition) is 1. The molecule has 1 saturated carbocycles. The Bertz CT molecular complexity index is 361. The molecule has 0 aromatic carbocycles. The van der Waals surface area contributed by atoms with Gasteiger partial charge in [-0.2, -0.15) is 5.26 Å². The molecule has 92 valence electrons. The summed E-state index contributed by atoms with van der Waals surface area (Å²) in [6.07, 6.45) is 9.14. The van der Waals surface area contributed by atoms with Crippen LogP contribution in [-0.2, 0) is 4.79 Å². The Morgan fingerprint density at radius 2 is 2.29 bits per heavy atom. The summed E-state index contributed by atoms with van der Waals surface area (Å²) in [6.45, 7) is 2.82. The summed E-state index contributed by atoms with van der Waals surface area (Å²) in [4.78, 5) is 12.0. The van der Waals surface area contributed by atoms with E-state index in [0.717, 1.165) is 38.6 Å². The molecule has 0 radical (unpaired) electrons. The number of carbonyl (C=O) groups is 1. The molecule has 1 atom stereocenters. The SMILES string of the molecule is CC1CC(C#N)(C(=O)NCC2CC=CCC2)C1. The fourth-order valence-corrected chi connectivity index (χ4v) is 2.91. The Kier molecular flexibility index (Phi) is 3.51. The van der Waals surface area contributed by atoms with E-state index in [2.05, 4.69) is 30.5 Å². The Balaban J connectivity index is 1.81. The van der Waals surface area contributed by atoms with E-state index in [1.54, 1.807) is 0 Å². The number of rotatable bonds is 3. The summed E-state index contributed by atoms with van der Waals surface area (Å²) >= 11 is 0. The molecular formula is C14H20N2O. The van der Waals surface area contributed by atoms with E-state index in [1.807, 2.05) is 0 Å². The first-order valence-corrected chi connectivity index (χ1v) is 6.51. The zero-order valence-corrected chi connectivity index (χ0v) is 10.4. The van der Waals surface area contributed by atoms with Crippen molar-refractivity contribution in [3.8, 4) is 6.07 Å². The van der Waals surface area contributed by atoms with Crippen molar-refractivity contribution in [1.82, 2.24) is 5.32 Å². The molecule has 1 unspecified atom stereocenters. The van der Waals surface area contributed by atoms with E-state index in [9.17, 15) is 4.79 Å². The molecule has 3 heteroatoms. The van der Waals surface area contributed by atoms with Gasteiger partial charge < -0.3 is 5.32 Å². The Labute approximate surface area is 103 Å². The minimum Gasteiger partial charge on any atom is -0.354 e. The summed E-state index contributed by atoms with van der Waals surface area (Å²) in [7, 11) is 0. The molecule has 1 fully saturated rings. The smallest absolute Gasteiger partial charge is 0.240 e. The lowest BCUT2D eigenvalue weighted by Gasteiger charge is -2.39. The summed E-state index contributed by atoms with van der Waals surface area (Å²) in [6, 6.07) is 2.21. The second-order valence-electron chi connectivity index (χ2n) is 5.57. The molecule has 0 heterocycles. The molecule has 0 aromatic heterocycles. The molecule has 0 aliphatic heterocycles. The molecule has 0 aromatic rings. The molecule has 2 aliphatic carbocycles. The molecule has 2 rings (SSSR count). The van der Waals surface area contributed by atoms with E-state index < -0.39 is 5.41 Å². The second kappa shape index (κ2) is 4.91. The molecule has 0 saturated heterocycles. The number of nitriles is 1. The van der Waals surface area contributed by atoms with Crippen LogP contribution in [0.3, 0.4) is 0 Å². The number of carbonyl (C=O) groups excluding carboxylic acids is 1. The van der Waals surface area contributed by atoms with Crippen LogP contribution in [0.5, 0.6) is 0 Å². The van der Waals surface area contributed by atoms with Crippen molar-refractivity contribution in [1.29, 1.82) is 5.26 Å². The third-order valence-electron chi connectivity index (χ3n) is 3.97. The van der Waals surface area contributed by atoms with Gasteiger partial charge in [-0.25, -0.2) is 0 Å². The average Bonchev–Trinajstić information content (AvgIpc) is 2.33. The van der Waals surface area contributed by atoms with Gasteiger partial charge in [0.05, 0.1) is 6.07 Å². The van der Waals surface area contributed by atoms with Crippen LogP contribution in [-0.4, -0.2) is 12.5 Å². The molecule has 1 N–H and O–H groups in total. The van der Waals surface area contributed by atoms with E-state index in [4.69, 9.17) is 5.26 Å². The highest BCUT2D eigenvalue weighted by molar-refractivity contribution is 5.86. The highest BCUT2D eigenvalue weighted by atomic mass is 16.2. The van der Waals surface area contributed by atoms with Crippen LogP contribution >= 0.6 is 0 Å². The van der Waals surface area contributed by atoms with E-state index in [-0.39, 0.29) is 5.91 Å². The standard InChI is InChI=1S/C14H20N2O/c1-11-7-14(8-11,10-15)13(17)16-9-12-5-3-2-4-6-12/h2-3,11-12H,4-9H2,1H3,(H,16,17). The number of nitrogens with one attached hydrogen (secondary N) is 1. The fraction of sp³-hybridized carbons (Fsp3) is 0.714. The van der Waals surface area contributed by atoms with Crippen molar-refractivity contribution in [3.63, 3.8) is 0 Å². The minimum absolute atomic E-state index is 0.0485. The van der Waals surface area contributed by atoms with Crippen molar-refractivity contribution in [3.05, 3.63) is 12.2 Å². The molecule has 2 aliphatic rings. The van der Waals surface area contributed by atoms with Gasteiger partial charge in [-0.1, -0.05) is 19.1 Å². The first-order valence-electron chi connectivity index (χ1n) is 6.51. The largest absolute Gasteiger partial charge is 0.354 e. The van der Waals surface area contributed by atoms with Gasteiger partial charge in [-0.3, -0.25) is 4.79 Å². The van der Waals surface area contributed by atoms with Gasteiger partial charge in [0.25, 0.3) is 0 Å². The van der Waals surface area contributed by atoms with Crippen LogP contribution in [0.4, 0.5) is 0 Å². The predicted octanol–water partition coefficient (Wildman–Crippen LogP) is 2.40. The van der Waals surface area contributed by atoms with Crippen LogP contribution in [0, 0.1) is 28.6 Å². The zero-order valence-electron chi connectivity index (χ0n) is 10.4. The van der Waals surface area contributed by atoms with Crippen LogP contribution in [0.25, 0.3) is 0 Å². The third kappa shape index (κ3) is 2.52. The Morgan fingerprint density at radius 3 is 2.82 bits per heavy atom. The summed E-state index contributed by atoms with van der Waals surface area (Å²) in [5, 5.41) is 12.1. The summed E-state index contributed by atoms with van der Waals surface area (Å²) in [5.74, 6) is 1.02. The number of hydrogen-bond acceptors (Lipinski definition) is 2. The second-order valence-corrected chi connectivity index (χ2v) is 5.57. The zero-order chi connectivity index (χ0) is 12.3. The van der Waals surface area contributed by atoms with Crippen molar-refractivity contribution in [2.45, 2.75) is 39.0 Å². The number of amides is 1. The Hall–Kier alpha value is -1.30. The van der Waals surface area contributed by atoms with E-state index >= 15 is 0 Å². The molecule has 1 amide bonds. The lowest BCUT2D eigenvalue weighted by molar-refractivity contribution is -0.134. The molecule has 0 bridgehead atoms. The first-order chi connectivity index (χ1) is 8.16. The lowest BCUT2D eigenvalue weighted by Crippen LogP contribution is -2.49. The van der Waals surface area contributed by atoms with E-state index in [1.165, 1.54) is 0 Å². The number of allylic oxidation sites excluding steroid dienone is 2. The number of nitrogens with zero attached hydrogens (tertiary/aromatic N) is 1. The Morgan fingerprint density at radius 1 is 1.53 bits per heavy atom. The van der Waals surface area contributed by atoms with Gasteiger partial charge >= 0.3 is 0 Å². The van der Waals surface area contributed by atoms with Crippen LogP contribution in [0.2, 0.25) is 0 Å². The van der Waals surface area contributed by atoms with Crippen molar-refractivity contribution in [2.24, 2.45) is 17.3 Å². The van der Waals surface area contributed by atoms with Gasteiger partial charge in [-0.15, -0.1) is 0 Å². The maximum absolute atomic E-state index is 12.0. The van der Waals surface area contributed by atoms with Gasteiger partial charge in [0.2, 0.25) is 5.91 Å². The summed E-state index contributed by atoms with van der Waals surface area (Å²) in [5.41, 5.74) is -0.718. The van der Waals surface area contributed by atoms with Gasteiger partial charge in [0.1, 0.15) is 5.41 Å². The summed E-state index contributed by atoms with van der Waals surface area (Å²) < 4.78 is 0. The highest BCUT2D eigenvalue weighted by Gasteiger charge is 2.48. The maximum Gasteiger partial charge on any atom is 0.240 e.